The second-order valence-corrected chi connectivity index (χ2v) is 20.4. The molecule has 4 aliphatic rings. The standard InChI is InChI=1S/C48H77N11O19/c1-23(2)11-6-4-5-7-12-25-21-31(63)54-32(24(3)61)44(72)58-19-10-15-29(58)43(71)57-18-9-14-28(57)39(67)52-26(13-8-17-51-48(49)50)38(66)55-33(36(64)45(73)74)40(68)53-27(22-60)42(70)59-20-16-30(62)35(59)41(69)56-34(47(77)78-25)37(65)46(75)76/h23-30,32-37,60-62,64-65H,4-22H2,1-3H3,(H,52,67)(H,53,68)(H,54,63)(H,55,66)(H,56,69)(H,73,74)(H,75,76)(H4,49,50,51)/t24-,25?,26+,27+,28-,29-,30+,32-,33-,34+,35+,36-,37+/m1/s1. The van der Waals surface area contributed by atoms with E-state index < -0.39 is 164 Å². The highest BCUT2D eigenvalue weighted by Gasteiger charge is 2.48. The molecule has 16 N–H and O–H groups in total. The Morgan fingerprint density at radius 1 is 0.641 bits per heavy atom. The molecule has 13 atom stereocenters. The molecule has 4 heterocycles. The third-order valence-electron chi connectivity index (χ3n) is 14.0. The number of cyclic esters (lactones) is 1. The molecule has 4 rings (SSSR count). The van der Waals surface area contributed by atoms with Crippen LogP contribution >= 0.6 is 0 Å². The number of carbonyl (C=O) groups excluding carboxylic acids is 9. The number of aliphatic hydroxyl groups excluding tert-OH is 5. The number of esters is 1. The minimum Gasteiger partial charge on any atom is -0.479 e. The third-order valence-corrected chi connectivity index (χ3v) is 14.0. The van der Waals surface area contributed by atoms with Crippen LogP contribution in [0, 0.1) is 5.92 Å². The predicted octanol–water partition coefficient (Wildman–Crippen LogP) is -6.02. The van der Waals surface area contributed by atoms with Crippen molar-refractivity contribution in [2.45, 2.75) is 190 Å². The number of carboxylic acids is 2. The number of carbonyl (C=O) groups is 11. The number of nitrogens with one attached hydrogen (secondary N) is 5. The lowest BCUT2D eigenvalue weighted by molar-refractivity contribution is -0.165. The average molecular weight is 1110 g/mol. The number of aliphatic hydroxyl groups is 5. The zero-order valence-electron chi connectivity index (χ0n) is 44.0. The van der Waals surface area contributed by atoms with Gasteiger partial charge >= 0.3 is 17.9 Å². The molecule has 0 aliphatic carbocycles. The molecule has 0 radical (unpaired) electrons. The van der Waals surface area contributed by atoms with Crippen molar-refractivity contribution in [2.24, 2.45) is 22.4 Å². The van der Waals surface area contributed by atoms with Gasteiger partial charge in [0.15, 0.2) is 24.2 Å². The number of aliphatic carboxylic acids is 2. The summed E-state index contributed by atoms with van der Waals surface area (Å²) in [6.07, 6.45) is -7.62. The number of nitrogens with zero attached hydrogens (tertiary/aromatic N) is 4. The first-order valence-electron chi connectivity index (χ1n) is 26.3. The van der Waals surface area contributed by atoms with Gasteiger partial charge in [0, 0.05) is 26.2 Å². The highest BCUT2D eigenvalue weighted by molar-refractivity contribution is 6.00. The number of rotatable bonds is 17. The van der Waals surface area contributed by atoms with Crippen LogP contribution in [0.15, 0.2) is 4.99 Å². The van der Waals surface area contributed by atoms with Gasteiger partial charge in [-0.2, -0.15) is 0 Å². The Labute approximate surface area is 449 Å². The minimum atomic E-state index is -2.76. The topological polar surface area (TPSA) is 473 Å². The van der Waals surface area contributed by atoms with E-state index in [2.05, 4.69) is 34.8 Å². The molecule has 438 valence electrons. The van der Waals surface area contributed by atoms with Crippen LogP contribution in [0.2, 0.25) is 0 Å². The smallest absolute Gasteiger partial charge is 0.335 e. The SMILES string of the molecule is CC(C)CCCCCCC1CC(=O)N[C@H]([C@@H](C)O)C(=O)N2CCC[C@@H]2C(=O)N2CCC[C@@H]2C(=O)N[C@@H](CCCN=C(N)N)C(=O)N[C@H]([C@@H](O)C(=O)O)C(=O)N[C@@H](CO)C(=O)N2CC[C@H](O)[C@H]2C(=O)N[C@@H]([C@H](O)C(=O)O)C(=O)O1. The van der Waals surface area contributed by atoms with Gasteiger partial charge in [0.25, 0.3) is 0 Å². The number of hydrogen-bond acceptors (Lipinski definition) is 18. The van der Waals surface area contributed by atoms with Crippen molar-refractivity contribution in [3.8, 4) is 0 Å². The zero-order chi connectivity index (χ0) is 58.1. The largest absolute Gasteiger partial charge is 0.479 e. The first kappa shape index (κ1) is 63.8. The van der Waals surface area contributed by atoms with Gasteiger partial charge in [-0.3, -0.25) is 43.3 Å². The Kier molecular flexibility index (Phi) is 24.4. The molecule has 30 heteroatoms. The van der Waals surface area contributed by atoms with E-state index in [4.69, 9.17) is 16.2 Å². The van der Waals surface area contributed by atoms with Gasteiger partial charge in [-0.15, -0.1) is 0 Å². The summed E-state index contributed by atoms with van der Waals surface area (Å²) in [6.45, 7) is 3.40. The lowest BCUT2D eigenvalue weighted by Gasteiger charge is -2.34. The number of aliphatic imine (C=N–C) groups is 1. The molecule has 0 spiro atoms. The van der Waals surface area contributed by atoms with Crippen molar-refractivity contribution in [3.63, 3.8) is 0 Å². The minimum absolute atomic E-state index is 0.00810. The second-order valence-electron chi connectivity index (χ2n) is 20.4. The molecule has 0 aromatic carbocycles. The van der Waals surface area contributed by atoms with Crippen LogP contribution in [-0.2, 0) is 57.5 Å². The maximum atomic E-state index is 14.4. The molecule has 0 bridgehead atoms. The summed E-state index contributed by atoms with van der Waals surface area (Å²) in [6, 6.07) is -14.9. The van der Waals surface area contributed by atoms with Crippen LogP contribution < -0.4 is 38.1 Å². The Balaban J connectivity index is 1.80. The number of amides is 8. The van der Waals surface area contributed by atoms with E-state index in [0.29, 0.717) is 23.7 Å². The monoisotopic (exact) mass is 1110 g/mol. The Morgan fingerprint density at radius 3 is 1.83 bits per heavy atom. The van der Waals surface area contributed by atoms with Crippen LogP contribution in [0.3, 0.4) is 0 Å². The zero-order valence-corrected chi connectivity index (χ0v) is 44.0. The second kappa shape index (κ2) is 29.8. The van der Waals surface area contributed by atoms with Crippen LogP contribution in [0.25, 0.3) is 0 Å². The maximum absolute atomic E-state index is 14.4. The Bertz CT molecular complexity index is 2210. The van der Waals surface area contributed by atoms with E-state index in [9.17, 15) is 88.5 Å². The summed E-state index contributed by atoms with van der Waals surface area (Å²) in [5.41, 5.74) is 10.9. The molecule has 0 saturated carbocycles. The lowest BCUT2D eigenvalue weighted by atomic mass is 10.0. The number of guanidine groups is 1. The fraction of sp³-hybridized carbons (Fsp3) is 0.750. The highest BCUT2D eigenvalue weighted by Crippen LogP contribution is 2.27. The number of fused-ring (bicyclic) bond motifs is 3. The van der Waals surface area contributed by atoms with Crippen molar-refractivity contribution in [1.82, 2.24) is 41.3 Å². The molecule has 0 aromatic rings. The first-order valence-corrected chi connectivity index (χ1v) is 26.3. The number of ether oxygens (including phenoxy) is 1. The van der Waals surface area contributed by atoms with Crippen LogP contribution in [0.5, 0.6) is 0 Å². The van der Waals surface area contributed by atoms with Gasteiger partial charge < -0.3 is 93.2 Å². The van der Waals surface area contributed by atoms with Gasteiger partial charge in [0.2, 0.25) is 47.3 Å². The molecule has 30 nitrogen and oxygen atoms in total. The predicted molar refractivity (Wildman–Crippen MR) is 268 cm³/mol. The van der Waals surface area contributed by atoms with Gasteiger partial charge in [0.05, 0.1) is 25.2 Å². The van der Waals surface area contributed by atoms with Crippen molar-refractivity contribution in [1.29, 1.82) is 0 Å². The van der Waals surface area contributed by atoms with Crippen LogP contribution in [-0.4, -0.2) is 233 Å². The normalized spacial score (nSPS) is 28.8. The van der Waals surface area contributed by atoms with Gasteiger partial charge in [-0.25, -0.2) is 14.4 Å². The fourth-order valence-corrected chi connectivity index (χ4v) is 9.87. The van der Waals surface area contributed by atoms with E-state index in [1.165, 1.54) is 11.8 Å². The molecule has 4 saturated heterocycles. The molecule has 8 amide bonds. The number of hydrogen-bond donors (Lipinski definition) is 14. The molecule has 4 aliphatic heterocycles. The first-order chi connectivity index (χ1) is 36.8. The summed E-state index contributed by atoms with van der Waals surface area (Å²) in [5, 5.41) is 84.6. The summed E-state index contributed by atoms with van der Waals surface area (Å²) in [4.78, 5) is 158. The quantitative estimate of drug-likeness (QED) is 0.0279. The van der Waals surface area contributed by atoms with Crippen molar-refractivity contribution < 1.29 is 93.2 Å². The van der Waals surface area contributed by atoms with E-state index in [-0.39, 0.29) is 77.0 Å². The van der Waals surface area contributed by atoms with Crippen LogP contribution in [0.4, 0.5) is 0 Å². The Hall–Kier alpha value is -6.76. The fourth-order valence-electron chi connectivity index (χ4n) is 9.87. The molecule has 78 heavy (non-hydrogen) atoms. The number of carboxylic acid groups (broad SMARTS) is 2. The molecule has 4 fully saturated rings. The van der Waals surface area contributed by atoms with E-state index >= 15 is 0 Å². The lowest BCUT2D eigenvalue weighted by Crippen LogP contribution is -2.64. The van der Waals surface area contributed by atoms with E-state index in [0.717, 1.165) is 24.2 Å². The van der Waals surface area contributed by atoms with Crippen molar-refractivity contribution in [3.05, 3.63) is 0 Å². The number of nitrogens with two attached hydrogens (primary N) is 2. The molecule has 1 unspecified atom stereocenters. The molecular formula is C48H77N11O19. The molecular weight excluding hydrogens is 1030 g/mol. The van der Waals surface area contributed by atoms with E-state index in [1.54, 1.807) is 0 Å². The number of unbranched alkanes of at least 4 members (excludes halogenated alkanes) is 3. The summed E-state index contributed by atoms with van der Waals surface area (Å²) in [5.74, 6) is -14.7. The summed E-state index contributed by atoms with van der Waals surface area (Å²) in [7, 11) is 0. The summed E-state index contributed by atoms with van der Waals surface area (Å²) < 4.78 is 5.62. The van der Waals surface area contributed by atoms with E-state index in [1.807, 2.05) is 10.6 Å². The third kappa shape index (κ3) is 17.4. The average Bonchev–Trinajstić information content (AvgIpc) is 4.18. The van der Waals surface area contributed by atoms with Crippen LogP contribution in [0.1, 0.15) is 111 Å². The maximum Gasteiger partial charge on any atom is 0.335 e. The Morgan fingerprint density at radius 2 is 1.23 bits per heavy atom. The van der Waals surface area contributed by atoms with Crippen molar-refractivity contribution >= 4 is 71.1 Å². The van der Waals surface area contributed by atoms with Crippen molar-refractivity contribution in [2.75, 3.05) is 32.8 Å². The van der Waals surface area contributed by atoms with Gasteiger partial charge in [-0.1, -0.05) is 39.5 Å². The summed E-state index contributed by atoms with van der Waals surface area (Å²) >= 11 is 0. The highest BCUT2D eigenvalue weighted by atomic mass is 16.5. The molecule has 0 aromatic heterocycles. The van der Waals surface area contributed by atoms with Gasteiger partial charge in [0.1, 0.15) is 48.4 Å². The van der Waals surface area contributed by atoms with Gasteiger partial charge in [-0.05, 0) is 70.6 Å².